The molecule has 1 aromatic carbocycles. The summed E-state index contributed by atoms with van der Waals surface area (Å²) in [5.41, 5.74) is -1.26. The lowest BCUT2D eigenvalue weighted by Crippen LogP contribution is -2.53. The van der Waals surface area contributed by atoms with Gasteiger partial charge in [0.05, 0.1) is 5.02 Å². The number of hydrogen-bond donors (Lipinski definition) is 1. The molecular weight excluding hydrogens is 285 g/mol. The Kier molecular flexibility index (Phi) is 3.73. The van der Waals surface area contributed by atoms with Crippen LogP contribution in [0.25, 0.3) is 0 Å². The molecule has 0 heterocycles. The van der Waals surface area contributed by atoms with Gasteiger partial charge in [-0.1, -0.05) is 17.7 Å². The van der Waals surface area contributed by atoms with Gasteiger partial charge in [-0.15, -0.1) is 0 Å². The van der Waals surface area contributed by atoms with Crippen molar-refractivity contribution in [3.05, 3.63) is 34.6 Å². The lowest BCUT2D eigenvalue weighted by atomic mass is 9.89. The highest BCUT2D eigenvalue weighted by Gasteiger charge is 2.49. The molecule has 0 aromatic heterocycles. The van der Waals surface area contributed by atoms with Crippen LogP contribution in [0.15, 0.2) is 18.2 Å². The lowest BCUT2D eigenvalue weighted by Gasteiger charge is -2.38. The Morgan fingerprint density at radius 3 is 2.45 bits per heavy atom. The monoisotopic (exact) mass is 299 g/mol. The van der Waals surface area contributed by atoms with E-state index in [2.05, 4.69) is 0 Å². The van der Waals surface area contributed by atoms with Crippen LogP contribution in [-0.2, 0) is 15.1 Å². The van der Waals surface area contributed by atoms with Crippen LogP contribution in [0.3, 0.4) is 0 Å². The molecule has 1 N–H and O–H groups in total. The third-order valence-electron chi connectivity index (χ3n) is 3.63. The van der Waals surface area contributed by atoms with Gasteiger partial charge in [-0.2, -0.15) is 0 Å². The van der Waals surface area contributed by atoms with Gasteiger partial charge in [-0.05, 0) is 37.5 Å². The second kappa shape index (κ2) is 5.05. The van der Waals surface area contributed by atoms with Gasteiger partial charge in [-0.3, -0.25) is 4.79 Å². The zero-order valence-corrected chi connectivity index (χ0v) is 11.9. The number of carboxylic acid groups (broad SMARTS) is 1. The summed E-state index contributed by atoms with van der Waals surface area (Å²) >= 11 is 5.73. The van der Waals surface area contributed by atoms with Crippen molar-refractivity contribution in [3.63, 3.8) is 0 Å². The van der Waals surface area contributed by atoms with Crippen molar-refractivity contribution in [2.75, 3.05) is 0 Å². The topological polar surface area (TPSA) is 57.6 Å². The fraction of sp³-hybridized carbons (Fsp3) is 0.429. The number of benzene rings is 1. The molecule has 1 aliphatic rings. The molecule has 1 amide bonds. The van der Waals surface area contributed by atoms with E-state index in [0.717, 1.165) is 18.9 Å². The van der Waals surface area contributed by atoms with Crippen LogP contribution in [0.2, 0.25) is 5.02 Å². The van der Waals surface area contributed by atoms with E-state index in [1.807, 2.05) is 0 Å². The summed E-state index contributed by atoms with van der Waals surface area (Å²) in [4.78, 5) is 25.0. The Bertz CT molecular complexity index is 574. The van der Waals surface area contributed by atoms with E-state index >= 15 is 0 Å². The number of nitrogens with zero attached hydrogens (tertiary/aromatic N) is 1. The normalized spacial score (nSPS) is 17.4. The fourth-order valence-electron chi connectivity index (χ4n) is 2.43. The Morgan fingerprint density at radius 2 is 2.05 bits per heavy atom. The average molecular weight is 300 g/mol. The van der Waals surface area contributed by atoms with E-state index in [9.17, 15) is 19.1 Å². The Morgan fingerprint density at radius 1 is 1.45 bits per heavy atom. The molecule has 0 radical (unpaired) electrons. The predicted molar refractivity (Wildman–Crippen MR) is 71.9 cm³/mol. The van der Waals surface area contributed by atoms with Gasteiger partial charge in [0.1, 0.15) is 5.82 Å². The quantitative estimate of drug-likeness (QED) is 0.930. The number of carbonyl (C=O) groups is 2. The van der Waals surface area contributed by atoms with Crippen molar-refractivity contribution < 1.29 is 19.1 Å². The largest absolute Gasteiger partial charge is 0.479 e. The van der Waals surface area contributed by atoms with Crippen LogP contribution in [0.4, 0.5) is 4.39 Å². The number of hydrogen-bond acceptors (Lipinski definition) is 2. The molecule has 0 aliphatic heterocycles. The fourth-order valence-corrected chi connectivity index (χ4v) is 2.61. The third kappa shape index (κ3) is 2.38. The van der Waals surface area contributed by atoms with Crippen molar-refractivity contribution in [2.24, 2.45) is 0 Å². The van der Waals surface area contributed by atoms with E-state index in [4.69, 9.17) is 11.6 Å². The van der Waals surface area contributed by atoms with Gasteiger partial charge in [0, 0.05) is 13.0 Å². The molecule has 1 aromatic rings. The first-order valence-electron chi connectivity index (χ1n) is 6.27. The maximum Gasteiger partial charge on any atom is 0.334 e. The first-order chi connectivity index (χ1) is 9.28. The SMILES string of the molecule is CC(=O)N(C1CC1)C(C)(C(=O)O)c1ccc(F)c(Cl)c1. The van der Waals surface area contributed by atoms with Gasteiger partial charge < -0.3 is 10.0 Å². The van der Waals surface area contributed by atoms with Crippen LogP contribution in [0.1, 0.15) is 32.3 Å². The van der Waals surface area contributed by atoms with E-state index in [1.165, 1.54) is 30.9 Å². The minimum atomic E-state index is -1.55. The minimum Gasteiger partial charge on any atom is -0.479 e. The minimum absolute atomic E-state index is 0.0857. The maximum atomic E-state index is 13.3. The second-order valence-electron chi connectivity index (χ2n) is 5.13. The molecule has 108 valence electrons. The number of halogens is 2. The van der Waals surface area contributed by atoms with Crippen LogP contribution in [-0.4, -0.2) is 27.9 Å². The highest BCUT2D eigenvalue weighted by Crippen LogP contribution is 2.39. The third-order valence-corrected chi connectivity index (χ3v) is 3.92. The van der Waals surface area contributed by atoms with Crippen molar-refractivity contribution in [1.82, 2.24) is 4.90 Å². The van der Waals surface area contributed by atoms with Gasteiger partial charge in [0.2, 0.25) is 5.91 Å². The number of amides is 1. The maximum absolute atomic E-state index is 13.3. The molecule has 1 fully saturated rings. The number of rotatable bonds is 4. The number of aliphatic carboxylic acids is 1. The van der Waals surface area contributed by atoms with E-state index < -0.39 is 17.3 Å². The van der Waals surface area contributed by atoms with Crippen LogP contribution >= 0.6 is 11.6 Å². The summed E-state index contributed by atoms with van der Waals surface area (Å²) in [7, 11) is 0. The first kappa shape index (κ1) is 14.8. The molecule has 1 saturated carbocycles. The zero-order valence-electron chi connectivity index (χ0n) is 11.2. The highest BCUT2D eigenvalue weighted by atomic mass is 35.5. The lowest BCUT2D eigenvalue weighted by molar-refractivity contribution is -0.159. The number of carbonyl (C=O) groups excluding carboxylic acids is 1. The van der Waals surface area contributed by atoms with Crippen LogP contribution in [0, 0.1) is 5.82 Å². The van der Waals surface area contributed by atoms with Gasteiger partial charge in [-0.25, -0.2) is 9.18 Å². The molecule has 6 heteroatoms. The second-order valence-corrected chi connectivity index (χ2v) is 5.53. The predicted octanol–water partition coefficient (Wildman–Crippen LogP) is 2.79. The highest BCUT2D eigenvalue weighted by molar-refractivity contribution is 6.30. The van der Waals surface area contributed by atoms with Crippen LogP contribution in [0.5, 0.6) is 0 Å². The molecule has 4 nitrogen and oxygen atoms in total. The summed E-state index contributed by atoms with van der Waals surface area (Å²) < 4.78 is 13.3. The molecule has 0 spiro atoms. The van der Waals surface area contributed by atoms with Crippen molar-refractivity contribution in [3.8, 4) is 0 Å². The van der Waals surface area contributed by atoms with Crippen LogP contribution < -0.4 is 0 Å². The molecular formula is C14H15ClFNO3. The summed E-state index contributed by atoms with van der Waals surface area (Å²) in [6.45, 7) is 2.78. The summed E-state index contributed by atoms with van der Waals surface area (Å²) in [5, 5.41) is 9.45. The molecule has 1 unspecified atom stereocenters. The summed E-state index contributed by atoms with van der Waals surface area (Å²) in [5.74, 6) is -2.11. The molecule has 0 saturated heterocycles. The summed E-state index contributed by atoms with van der Waals surface area (Å²) in [6.07, 6.45) is 1.55. The van der Waals surface area contributed by atoms with Crippen molar-refractivity contribution >= 4 is 23.5 Å². The molecule has 0 bridgehead atoms. The van der Waals surface area contributed by atoms with E-state index in [1.54, 1.807) is 0 Å². The van der Waals surface area contributed by atoms with Gasteiger partial charge >= 0.3 is 5.97 Å². The molecule has 1 atom stereocenters. The van der Waals surface area contributed by atoms with Gasteiger partial charge in [0.15, 0.2) is 5.54 Å². The molecule has 2 rings (SSSR count). The van der Waals surface area contributed by atoms with Crippen molar-refractivity contribution in [1.29, 1.82) is 0 Å². The van der Waals surface area contributed by atoms with E-state index in [-0.39, 0.29) is 17.0 Å². The first-order valence-corrected chi connectivity index (χ1v) is 6.65. The summed E-state index contributed by atoms with van der Waals surface area (Å²) in [6, 6.07) is 3.65. The average Bonchev–Trinajstić information content (AvgIpc) is 3.16. The van der Waals surface area contributed by atoms with Crippen molar-refractivity contribution in [2.45, 2.75) is 38.3 Å². The van der Waals surface area contributed by atoms with Gasteiger partial charge in [0.25, 0.3) is 0 Å². The zero-order chi connectivity index (χ0) is 15.1. The molecule has 20 heavy (non-hydrogen) atoms. The smallest absolute Gasteiger partial charge is 0.334 e. The standard InChI is InChI=1S/C14H15ClFNO3/c1-8(18)17(10-4-5-10)14(2,13(19)20)9-3-6-12(16)11(15)7-9/h3,6-7,10H,4-5H2,1-2H3,(H,19,20). The Hall–Kier alpha value is -1.62. The Labute approximate surface area is 121 Å². The van der Waals surface area contributed by atoms with E-state index in [0.29, 0.717) is 5.56 Å². The number of carboxylic acids is 1. The molecule has 1 aliphatic carbocycles. The Balaban J connectivity index is 2.55.